The van der Waals surface area contributed by atoms with Gasteiger partial charge in [0.25, 0.3) is 5.69 Å². The first kappa shape index (κ1) is 14.8. The van der Waals surface area contributed by atoms with Crippen molar-refractivity contribution in [1.29, 1.82) is 0 Å². The first-order valence-electron chi connectivity index (χ1n) is 6.30. The van der Waals surface area contributed by atoms with Crippen molar-refractivity contribution in [2.24, 2.45) is 0 Å². The Morgan fingerprint density at radius 1 is 1.14 bits per heavy atom. The van der Waals surface area contributed by atoms with Gasteiger partial charge in [-0.25, -0.2) is 0 Å². The number of benzene rings is 2. The fourth-order valence-electron chi connectivity index (χ4n) is 1.90. The van der Waals surface area contributed by atoms with Gasteiger partial charge in [-0.3, -0.25) is 10.1 Å². The van der Waals surface area contributed by atoms with Gasteiger partial charge in [-0.05, 0) is 19.1 Å². The van der Waals surface area contributed by atoms with Crippen LogP contribution >= 0.6 is 0 Å². The predicted octanol–water partition coefficient (Wildman–Crippen LogP) is 3.45. The summed E-state index contributed by atoms with van der Waals surface area (Å²) in [6.45, 7) is 1.62. The fourth-order valence-corrected chi connectivity index (χ4v) is 1.90. The molecule has 0 unspecified atom stereocenters. The maximum Gasteiger partial charge on any atom is 0.273 e. The Kier molecular flexibility index (Phi) is 4.39. The summed E-state index contributed by atoms with van der Waals surface area (Å²) < 4.78 is 10.8. The van der Waals surface area contributed by atoms with E-state index in [1.165, 1.54) is 25.3 Å². The van der Waals surface area contributed by atoms with Crippen LogP contribution in [0.2, 0.25) is 0 Å². The molecule has 0 amide bonds. The molecule has 0 saturated heterocycles. The van der Waals surface area contributed by atoms with Crippen LogP contribution in [0.4, 0.5) is 5.69 Å². The van der Waals surface area contributed by atoms with Crippen molar-refractivity contribution >= 4 is 5.69 Å². The van der Waals surface area contributed by atoms with E-state index in [1.807, 2.05) is 0 Å². The lowest BCUT2D eigenvalue weighted by atomic mass is 10.1. The van der Waals surface area contributed by atoms with Crippen molar-refractivity contribution in [1.82, 2.24) is 0 Å². The molecule has 0 fully saturated rings. The Bertz CT molecular complexity index is 654. The van der Waals surface area contributed by atoms with Crippen LogP contribution in [-0.4, -0.2) is 17.1 Å². The summed E-state index contributed by atoms with van der Waals surface area (Å²) in [5.74, 6) is 1.02. The van der Waals surface area contributed by atoms with E-state index in [9.17, 15) is 15.2 Å². The number of non-ortho nitro benzene ring substituents is 1. The first-order chi connectivity index (χ1) is 10.0. The second-order valence-corrected chi connectivity index (χ2v) is 4.41. The molecule has 110 valence electrons. The normalized spacial score (nSPS) is 11.8. The third-order valence-corrected chi connectivity index (χ3v) is 2.95. The Balaban J connectivity index is 2.43. The molecule has 6 heteroatoms. The lowest BCUT2D eigenvalue weighted by Gasteiger charge is -2.14. The van der Waals surface area contributed by atoms with Gasteiger partial charge in [0.15, 0.2) is 11.5 Å². The van der Waals surface area contributed by atoms with Crippen LogP contribution < -0.4 is 9.47 Å². The van der Waals surface area contributed by atoms with E-state index in [0.29, 0.717) is 17.1 Å². The van der Waals surface area contributed by atoms with Gasteiger partial charge in [0.2, 0.25) is 0 Å². The third-order valence-electron chi connectivity index (χ3n) is 2.95. The predicted molar refractivity (Wildman–Crippen MR) is 76.8 cm³/mol. The molecule has 0 radical (unpaired) electrons. The number of para-hydroxylation sites is 1. The zero-order valence-corrected chi connectivity index (χ0v) is 11.6. The molecule has 1 atom stereocenters. The SMILES string of the molecule is COc1ccc([N+](=O)[O-])cc1Oc1ccccc1[C@H](C)O. The van der Waals surface area contributed by atoms with Crippen molar-refractivity contribution in [3.8, 4) is 17.2 Å². The summed E-state index contributed by atoms with van der Waals surface area (Å²) in [5.41, 5.74) is 0.492. The van der Waals surface area contributed by atoms with E-state index in [4.69, 9.17) is 9.47 Å². The highest BCUT2D eigenvalue weighted by Crippen LogP contribution is 2.37. The lowest BCUT2D eigenvalue weighted by Crippen LogP contribution is -1.98. The highest BCUT2D eigenvalue weighted by Gasteiger charge is 2.15. The van der Waals surface area contributed by atoms with E-state index in [-0.39, 0.29) is 11.4 Å². The number of aliphatic hydroxyl groups is 1. The molecule has 21 heavy (non-hydrogen) atoms. The molecule has 2 aromatic carbocycles. The molecule has 1 N–H and O–H groups in total. The molecule has 0 aliphatic heterocycles. The third kappa shape index (κ3) is 3.29. The second-order valence-electron chi connectivity index (χ2n) is 4.41. The topological polar surface area (TPSA) is 81.8 Å². The molecule has 0 saturated carbocycles. The quantitative estimate of drug-likeness (QED) is 0.673. The number of aliphatic hydroxyl groups excluding tert-OH is 1. The molecular weight excluding hydrogens is 274 g/mol. The maximum absolute atomic E-state index is 10.8. The van der Waals surface area contributed by atoms with Crippen LogP contribution in [-0.2, 0) is 0 Å². The van der Waals surface area contributed by atoms with Crippen LogP contribution in [0.5, 0.6) is 17.2 Å². The van der Waals surface area contributed by atoms with Crippen molar-refractivity contribution in [2.75, 3.05) is 7.11 Å². The van der Waals surface area contributed by atoms with Crippen LogP contribution in [0.15, 0.2) is 42.5 Å². The summed E-state index contributed by atoms with van der Waals surface area (Å²) in [6.07, 6.45) is -0.717. The van der Waals surface area contributed by atoms with Crippen molar-refractivity contribution in [3.05, 3.63) is 58.1 Å². The monoisotopic (exact) mass is 289 g/mol. The largest absolute Gasteiger partial charge is 0.493 e. The van der Waals surface area contributed by atoms with Crippen LogP contribution in [0.1, 0.15) is 18.6 Å². The van der Waals surface area contributed by atoms with Gasteiger partial charge in [0, 0.05) is 11.6 Å². The molecule has 0 aliphatic rings. The Labute approximate surface area is 121 Å². The highest BCUT2D eigenvalue weighted by atomic mass is 16.6. The van der Waals surface area contributed by atoms with Gasteiger partial charge in [0.1, 0.15) is 5.75 Å². The summed E-state index contributed by atoms with van der Waals surface area (Å²) >= 11 is 0. The van der Waals surface area contributed by atoms with Gasteiger partial charge in [-0.1, -0.05) is 18.2 Å². The van der Waals surface area contributed by atoms with Crippen molar-refractivity contribution in [3.63, 3.8) is 0 Å². The zero-order chi connectivity index (χ0) is 15.4. The van der Waals surface area contributed by atoms with E-state index in [1.54, 1.807) is 31.2 Å². The van der Waals surface area contributed by atoms with Gasteiger partial charge in [-0.2, -0.15) is 0 Å². The molecule has 0 aromatic heterocycles. The number of methoxy groups -OCH3 is 1. The molecule has 2 rings (SSSR count). The van der Waals surface area contributed by atoms with E-state index >= 15 is 0 Å². The molecule has 6 nitrogen and oxygen atoms in total. The maximum atomic E-state index is 10.8. The number of nitro benzene ring substituents is 1. The fraction of sp³-hybridized carbons (Fsp3) is 0.200. The Morgan fingerprint density at radius 2 is 1.86 bits per heavy atom. The van der Waals surface area contributed by atoms with Gasteiger partial charge >= 0.3 is 0 Å². The second kappa shape index (κ2) is 6.23. The molecular formula is C15H15NO5. The standard InChI is InChI=1S/C15H15NO5/c1-10(17)12-5-3-4-6-13(12)21-15-9-11(16(18)19)7-8-14(15)20-2/h3-10,17H,1-2H3/t10-/m0/s1. The molecule has 0 heterocycles. The minimum absolute atomic E-state index is 0.0969. The average molecular weight is 289 g/mol. The van der Waals surface area contributed by atoms with Crippen molar-refractivity contribution < 1.29 is 19.5 Å². The molecule has 2 aromatic rings. The molecule has 0 aliphatic carbocycles. The van der Waals surface area contributed by atoms with Gasteiger partial charge in [-0.15, -0.1) is 0 Å². The Morgan fingerprint density at radius 3 is 2.48 bits per heavy atom. The number of nitro groups is 1. The van der Waals surface area contributed by atoms with Gasteiger partial charge < -0.3 is 14.6 Å². The summed E-state index contributed by atoms with van der Waals surface area (Å²) in [7, 11) is 1.45. The minimum Gasteiger partial charge on any atom is -0.493 e. The average Bonchev–Trinajstić information content (AvgIpc) is 2.47. The zero-order valence-electron chi connectivity index (χ0n) is 11.6. The van der Waals surface area contributed by atoms with Crippen LogP contribution in [0, 0.1) is 10.1 Å². The van der Waals surface area contributed by atoms with E-state index in [2.05, 4.69) is 0 Å². The van der Waals surface area contributed by atoms with E-state index in [0.717, 1.165) is 0 Å². The Hall–Kier alpha value is -2.60. The smallest absolute Gasteiger partial charge is 0.273 e. The lowest BCUT2D eigenvalue weighted by molar-refractivity contribution is -0.384. The highest BCUT2D eigenvalue weighted by molar-refractivity contribution is 5.51. The van der Waals surface area contributed by atoms with Crippen molar-refractivity contribution in [2.45, 2.75) is 13.0 Å². The number of nitrogens with zero attached hydrogens (tertiary/aromatic N) is 1. The summed E-state index contributed by atoms with van der Waals surface area (Å²) in [4.78, 5) is 10.3. The van der Waals surface area contributed by atoms with Gasteiger partial charge in [0.05, 0.1) is 24.2 Å². The summed E-state index contributed by atoms with van der Waals surface area (Å²) in [5, 5.41) is 20.6. The molecule has 0 bridgehead atoms. The number of hydrogen-bond donors (Lipinski definition) is 1. The number of ether oxygens (including phenoxy) is 2. The molecule has 0 spiro atoms. The minimum atomic E-state index is -0.717. The number of hydrogen-bond acceptors (Lipinski definition) is 5. The van der Waals surface area contributed by atoms with Crippen LogP contribution in [0.3, 0.4) is 0 Å². The number of rotatable bonds is 5. The first-order valence-corrected chi connectivity index (χ1v) is 6.30. The summed E-state index contributed by atoms with van der Waals surface area (Å²) in [6, 6.07) is 11.0. The van der Waals surface area contributed by atoms with E-state index < -0.39 is 11.0 Å². The van der Waals surface area contributed by atoms with Crippen LogP contribution in [0.25, 0.3) is 0 Å².